The van der Waals surface area contributed by atoms with Gasteiger partial charge in [-0.1, -0.05) is 18.2 Å². The molecule has 0 saturated carbocycles. The van der Waals surface area contributed by atoms with Crippen molar-refractivity contribution in [1.29, 1.82) is 0 Å². The van der Waals surface area contributed by atoms with Crippen molar-refractivity contribution in [3.63, 3.8) is 0 Å². The Morgan fingerprint density at radius 3 is 2.55 bits per heavy atom. The zero-order valence-corrected chi connectivity index (χ0v) is 13.9. The monoisotopic (exact) mass is 306 g/mol. The van der Waals surface area contributed by atoms with E-state index in [0.717, 1.165) is 24.2 Å². The van der Waals surface area contributed by atoms with Crippen LogP contribution in [0.25, 0.3) is 0 Å². The summed E-state index contributed by atoms with van der Waals surface area (Å²) in [6, 6.07) is 7.84. The quantitative estimate of drug-likeness (QED) is 0.513. The van der Waals surface area contributed by atoms with E-state index in [0.29, 0.717) is 18.8 Å². The van der Waals surface area contributed by atoms with Crippen LogP contribution in [-0.4, -0.2) is 25.8 Å². The van der Waals surface area contributed by atoms with Crippen LogP contribution in [0.5, 0.6) is 5.75 Å². The molecule has 1 rings (SSSR count). The maximum atomic E-state index is 11.4. The number of carbonyl (C=O) groups is 1. The Balaban J connectivity index is 2.29. The second-order valence-corrected chi connectivity index (χ2v) is 5.15. The number of allylic oxidation sites excluding steroid dienone is 1. The number of hydrogen-bond acceptors (Lipinski definition) is 4. The predicted octanol–water partition coefficient (Wildman–Crippen LogP) is 3.89. The summed E-state index contributed by atoms with van der Waals surface area (Å²) < 4.78 is 15.9. The number of esters is 1. The minimum absolute atomic E-state index is 0.133. The van der Waals surface area contributed by atoms with Gasteiger partial charge in [0.05, 0.1) is 26.4 Å². The van der Waals surface area contributed by atoms with E-state index in [1.807, 2.05) is 37.3 Å². The SMILES string of the molecule is CCOC(=O)/C(C)=C/CC[C@H](C)OCc1ccc(OC)cc1. The highest BCUT2D eigenvalue weighted by Gasteiger charge is 2.06. The summed E-state index contributed by atoms with van der Waals surface area (Å²) in [6.07, 6.45) is 3.71. The Hall–Kier alpha value is -1.81. The minimum Gasteiger partial charge on any atom is -0.497 e. The Morgan fingerprint density at radius 2 is 1.95 bits per heavy atom. The van der Waals surface area contributed by atoms with E-state index in [4.69, 9.17) is 14.2 Å². The lowest BCUT2D eigenvalue weighted by Crippen LogP contribution is -2.08. The molecule has 0 aromatic heterocycles. The molecule has 0 unspecified atom stereocenters. The molecule has 122 valence electrons. The fourth-order valence-corrected chi connectivity index (χ4v) is 1.91. The number of methoxy groups -OCH3 is 1. The minimum atomic E-state index is -0.241. The van der Waals surface area contributed by atoms with Gasteiger partial charge < -0.3 is 14.2 Å². The van der Waals surface area contributed by atoms with Crippen molar-refractivity contribution in [1.82, 2.24) is 0 Å². The average Bonchev–Trinajstić information content (AvgIpc) is 2.53. The summed E-state index contributed by atoms with van der Waals surface area (Å²) >= 11 is 0. The fraction of sp³-hybridized carbons (Fsp3) is 0.500. The van der Waals surface area contributed by atoms with Crippen LogP contribution in [0.3, 0.4) is 0 Å². The van der Waals surface area contributed by atoms with E-state index in [-0.39, 0.29) is 12.1 Å². The van der Waals surface area contributed by atoms with Crippen LogP contribution < -0.4 is 4.74 Å². The first-order chi connectivity index (χ1) is 10.6. The predicted molar refractivity (Wildman–Crippen MR) is 86.9 cm³/mol. The van der Waals surface area contributed by atoms with Gasteiger partial charge in [-0.05, 0) is 51.3 Å². The molecule has 0 N–H and O–H groups in total. The Labute approximate surface area is 133 Å². The summed E-state index contributed by atoms with van der Waals surface area (Å²) in [6.45, 7) is 6.61. The van der Waals surface area contributed by atoms with Gasteiger partial charge in [-0.25, -0.2) is 4.79 Å². The largest absolute Gasteiger partial charge is 0.497 e. The van der Waals surface area contributed by atoms with E-state index in [1.54, 1.807) is 21.0 Å². The van der Waals surface area contributed by atoms with Gasteiger partial charge in [-0.2, -0.15) is 0 Å². The molecule has 0 saturated heterocycles. The van der Waals surface area contributed by atoms with Gasteiger partial charge in [0.15, 0.2) is 0 Å². The van der Waals surface area contributed by atoms with Gasteiger partial charge in [0, 0.05) is 5.57 Å². The lowest BCUT2D eigenvalue weighted by atomic mass is 10.1. The molecule has 0 heterocycles. The van der Waals surface area contributed by atoms with E-state index in [2.05, 4.69) is 0 Å². The van der Waals surface area contributed by atoms with Crippen molar-refractivity contribution in [3.05, 3.63) is 41.5 Å². The number of ether oxygens (including phenoxy) is 3. The summed E-state index contributed by atoms with van der Waals surface area (Å²) in [7, 11) is 1.65. The summed E-state index contributed by atoms with van der Waals surface area (Å²) in [4.78, 5) is 11.4. The van der Waals surface area contributed by atoms with Crippen molar-refractivity contribution in [2.75, 3.05) is 13.7 Å². The van der Waals surface area contributed by atoms with Crippen LogP contribution in [0.1, 0.15) is 39.2 Å². The maximum Gasteiger partial charge on any atom is 0.333 e. The second-order valence-electron chi connectivity index (χ2n) is 5.15. The fourth-order valence-electron chi connectivity index (χ4n) is 1.91. The standard InChI is InChI=1S/C18H26O4/c1-5-21-18(19)14(2)7-6-8-15(3)22-13-16-9-11-17(20-4)12-10-16/h7,9-12,15H,5-6,8,13H2,1-4H3/b14-7+/t15-/m0/s1. The molecule has 0 amide bonds. The number of rotatable bonds is 9. The zero-order chi connectivity index (χ0) is 16.4. The molecule has 22 heavy (non-hydrogen) atoms. The molecular formula is C18H26O4. The van der Waals surface area contributed by atoms with Gasteiger partial charge in [0.1, 0.15) is 5.75 Å². The molecule has 0 aliphatic rings. The number of hydrogen-bond donors (Lipinski definition) is 0. The highest BCUT2D eigenvalue weighted by molar-refractivity contribution is 5.87. The molecule has 4 heteroatoms. The van der Waals surface area contributed by atoms with E-state index < -0.39 is 0 Å². The van der Waals surface area contributed by atoms with Gasteiger partial charge in [0.2, 0.25) is 0 Å². The molecular weight excluding hydrogens is 280 g/mol. The van der Waals surface area contributed by atoms with Gasteiger partial charge in [-0.3, -0.25) is 0 Å². The number of carbonyl (C=O) groups excluding carboxylic acids is 1. The van der Waals surface area contributed by atoms with Crippen molar-refractivity contribution in [2.45, 2.75) is 46.3 Å². The molecule has 0 aliphatic carbocycles. The second kappa shape index (κ2) is 10.0. The summed E-state index contributed by atoms with van der Waals surface area (Å²) in [5.41, 5.74) is 1.77. The molecule has 4 nitrogen and oxygen atoms in total. The Kier molecular flexibility index (Phi) is 8.30. The number of benzene rings is 1. The van der Waals surface area contributed by atoms with Gasteiger partial charge in [0.25, 0.3) is 0 Å². The molecule has 1 aromatic rings. The van der Waals surface area contributed by atoms with Crippen molar-refractivity contribution in [2.24, 2.45) is 0 Å². The van der Waals surface area contributed by atoms with Crippen molar-refractivity contribution >= 4 is 5.97 Å². The summed E-state index contributed by atoms with van der Waals surface area (Å²) in [5.74, 6) is 0.602. The molecule has 0 spiro atoms. The molecule has 0 radical (unpaired) electrons. The topological polar surface area (TPSA) is 44.8 Å². The highest BCUT2D eigenvalue weighted by atomic mass is 16.5. The first-order valence-corrected chi connectivity index (χ1v) is 7.65. The third-order valence-corrected chi connectivity index (χ3v) is 3.31. The third kappa shape index (κ3) is 6.76. The first-order valence-electron chi connectivity index (χ1n) is 7.65. The Bertz CT molecular complexity index is 476. The van der Waals surface area contributed by atoms with E-state index >= 15 is 0 Å². The van der Waals surface area contributed by atoms with Crippen LogP contribution in [0.15, 0.2) is 35.9 Å². The highest BCUT2D eigenvalue weighted by Crippen LogP contribution is 2.14. The zero-order valence-electron chi connectivity index (χ0n) is 13.9. The Morgan fingerprint density at radius 1 is 1.27 bits per heavy atom. The van der Waals surface area contributed by atoms with Crippen LogP contribution in [0.2, 0.25) is 0 Å². The van der Waals surface area contributed by atoms with E-state index in [9.17, 15) is 4.79 Å². The third-order valence-electron chi connectivity index (χ3n) is 3.31. The summed E-state index contributed by atoms with van der Waals surface area (Å²) in [5, 5.41) is 0. The smallest absolute Gasteiger partial charge is 0.333 e. The van der Waals surface area contributed by atoms with Gasteiger partial charge >= 0.3 is 5.97 Å². The molecule has 1 atom stereocenters. The molecule has 0 fully saturated rings. The molecule has 0 aliphatic heterocycles. The lowest BCUT2D eigenvalue weighted by molar-refractivity contribution is -0.138. The first kappa shape index (κ1) is 18.2. The van der Waals surface area contributed by atoms with Crippen molar-refractivity contribution in [3.8, 4) is 5.75 Å². The normalized spacial score (nSPS) is 12.8. The van der Waals surface area contributed by atoms with Crippen LogP contribution >= 0.6 is 0 Å². The maximum absolute atomic E-state index is 11.4. The molecule has 1 aromatic carbocycles. The van der Waals surface area contributed by atoms with Crippen LogP contribution in [0, 0.1) is 0 Å². The van der Waals surface area contributed by atoms with Crippen molar-refractivity contribution < 1.29 is 19.0 Å². The lowest BCUT2D eigenvalue weighted by Gasteiger charge is -2.12. The molecule has 0 bridgehead atoms. The van der Waals surface area contributed by atoms with Crippen LogP contribution in [0.4, 0.5) is 0 Å². The van der Waals surface area contributed by atoms with Crippen LogP contribution in [-0.2, 0) is 20.9 Å². The average molecular weight is 306 g/mol. The van der Waals surface area contributed by atoms with E-state index in [1.165, 1.54) is 0 Å². The van der Waals surface area contributed by atoms with Gasteiger partial charge in [-0.15, -0.1) is 0 Å².